The molecule has 5 heteroatoms. The molecule has 5 nitrogen and oxygen atoms in total. The summed E-state index contributed by atoms with van der Waals surface area (Å²) in [6, 6.07) is 13.9. The molecule has 0 bridgehead atoms. The fourth-order valence-corrected chi connectivity index (χ4v) is 2.37. The molecule has 130 valence electrons. The van der Waals surface area contributed by atoms with Crippen LogP contribution in [0.4, 0.5) is 0 Å². The molecule has 0 heterocycles. The van der Waals surface area contributed by atoms with Crippen LogP contribution < -0.4 is 19.5 Å². The van der Waals surface area contributed by atoms with E-state index in [9.17, 15) is 0 Å². The van der Waals surface area contributed by atoms with E-state index in [1.165, 1.54) is 11.1 Å². The van der Waals surface area contributed by atoms with E-state index in [1.54, 1.807) is 14.2 Å². The Balaban J connectivity index is 1.76. The second-order valence-corrected chi connectivity index (χ2v) is 5.33. The maximum Gasteiger partial charge on any atom is 0.160 e. The minimum absolute atomic E-state index is 0.0272. The minimum Gasteiger partial charge on any atom is -0.493 e. The Bertz CT molecular complexity index is 613. The van der Waals surface area contributed by atoms with Crippen LogP contribution in [-0.2, 0) is 13.0 Å². The van der Waals surface area contributed by atoms with Gasteiger partial charge in [-0.25, -0.2) is 0 Å². The Hall–Kier alpha value is -2.24. The van der Waals surface area contributed by atoms with Crippen LogP contribution >= 0.6 is 0 Å². The highest BCUT2D eigenvalue weighted by atomic mass is 16.5. The smallest absolute Gasteiger partial charge is 0.160 e. The molecule has 2 rings (SSSR count). The lowest BCUT2D eigenvalue weighted by Crippen LogP contribution is -2.16. The zero-order valence-electron chi connectivity index (χ0n) is 14.2. The first-order valence-electron chi connectivity index (χ1n) is 8.01. The second-order valence-electron chi connectivity index (χ2n) is 5.33. The fraction of sp³-hybridized carbons (Fsp3) is 0.368. The molecule has 24 heavy (non-hydrogen) atoms. The summed E-state index contributed by atoms with van der Waals surface area (Å²) in [5.41, 5.74) is 2.39. The van der Waals surface area contributed by atoms with Crippen molar-refractivity contribution < 1.29 is 19.3 Å². The molecule has 2 aromatic carbocycles. The molecule has 0 aliphatic carbocycles. The van der Waals surface area contributed by atoms with E-state index < -0.39 is 0 Å². The molecule has 0 unspecified atom stereocenters. The maximum absolute atomic E-state index is 8.73. The summed E-state index contributed by atoms with van der Waals surface area (Å²) >= 11 is 0. The summed E-state index contributed by atoms with van der Waals surface area (Å²) in [5, 5.41) is 12.2. The first-order chi connectivity index (χ1) is 11.8. The average Bonchev–Trinajstić information content (AvgIpc) is 2.64. The molecule has 2 aromatic rings. The van der Waals surface area contributed by atoms with Gasteiger partial charge in [0.2, 0.25) is 0 Å². The number of methoxy groups -OCH3 is 2. The summed E-state index contributed by atoms with van der Waals surface area (Å²) in [6.07, 6.45) is 0.915. The number of hydrogen-bond acceptors (Lipinski definition) is 5. The van der Waals surface area contributed by atoms with Crippen molar-refractivity contribution in [3.05, 3.63) is 53.6 Å². The van der Waals surface area contributed by atoms with Crippen molar-refractivity contribution in [2.45, 2.75) is 13.0 Å². The molecule has 0 aromatic heterocycles. The lowest BCUT2D eigenvalue weighted by molar-refractivity contribution is 0.201. The zero-order valence-corrected chi connectivity index (χ0v) is 14.2. The molecule has 0 fully saturated rings. The monoisotopic (exact) mass is 331 g/mol. The Labute approximate surface area is 143 Å². The average molecular weight is 331 g/mol. The molecule has 0 spiro atoms. The summed E-state index contributed by atoms with van der Waals surface area (Å²) < 4.78 is 15.9. The highest BCUT2D eigenvalue weighted by Gasteiger charge is 2.04. The van der Waals surface area contributed by atoms with Gasteiger partial charge in [0, 0.05) is 6.54 Å². The Morgan fingerprint density at radius 1 is 0.917 bits per heavy atom. The number of hydrogen-bond donors (Lipinski definition) is 2. The van der Waals surface area contributed by atoms with Crippen molar-refractivity contribution in [1.29, 1.82) is 0 Å². The van der Waals surface area contributed by atoms with E-state index in [2.05, 4.69) is 11.4 Å². The van der Waals surface area contributed by atoms with Crippen LogP contribution in [0.2, 0.25) is 0 Å². The van der Waals surface area contributed by atoms with Gasteiger partial charge in [0.1, 0.15) is 12.4 Å². The maximum atomic E-state index is 8.73. The molecule has 0 aliphatic rings. The lowest BCUT2D eigenvalue weighted by Gasteiger charge is -2.10. The lowest BCUT2D eigenvalue weighted by atomic mass is 10.1. The van der Waals surface area contributed by atoms with Crippen LogP contribution in [0, 0.1) is 0 Å². The fourth-order valence-electron chi connectivity index (χ4n) is 2.37. The van der Waals surface area contributed by atoms with E-state index in [1.807, 2.05) is 36.4 Å². The number of rotatable bonds is 10. The van der Waals surface area contributed by atoms with E-state index in [-0.39, 0.29) is 6.61 Å². The minimum atomic E-state index is 0.0272. The summed E-state index contributed by atoms with van der Waals surface area (Å²) in [5.74, 6) is 2.28. The largest absolute Gasteiger partial charge is 0.493 e. The van der Waals surface area contributed by atoms with Crippen molar-refractivity contribution in [3.8, 4) is 17.2 Å². The van der Waals surface area contributed by atoms with Gasteiger partial charge in [0.15, 0.2) is 11.5 Å². The van der Waals surface area contributed by atoms with Crippen molar-refractivity contribution in [2.75, 3.05) is 34.0 Å². The van der Waals surface area contributed by atoms with Gasteiger partial charge in [0.05, 0.1) is 20.8 Å². The topological polar surface area (TPSA) is 60.0 Å². The second kappa shape index (κ2) is 9.80. The van der Waals surface area contributed by atoms with Gasteiger partial charge < -0.3 is 24.6 Å². The number of nitrogens with one attached hydrogen (secondary N) is 1. The van der Waals surface area contributed by atoms with Gasteiger partial charge in [-0.15, -0.1) is 0 Å². The van der Waals surface area contributed by atoms with E-state index in [0.717, 1.165) is 36.8 Å². The molecule has 0 radical (unpaired) electrons. The van der Waals surface area contributed by atoms with Crippen LogP contribution in [-0.4, -0.2) is 39.1 Å². The van der Waals surface area contributed by atoms with E-state index in [4.69, 9.17) is 19.3 Å². The Kier molecular flexibility index (Phi) is 7.39. The van der Waals surface area contributed by atoms with Gasteiger partial charge in [-0.05, 0) is 48.4 Å². The first kappa shape index (κ1) is 18.1. The first-order valence-corrected chi connectivity index (χ1v) is 8.01. The van der Waals surface area contributed by atoms with Crippen LogP contribution in [0.25, 0.3) is 0 Å². The highest BCUT2D eigenvalue weighted by molar-refractivity contribution is 5.42. The summed E-state index contributed by atoms with van der Waals surface area (Å²) in [6.45, 7) is 2.02. The third-order valence-corrected chi connectivity index (χ3v) is 3.65. The highest BCUT2D eigenvalue weighted by Crippen LogP contribution is 2.27. The van der Waals surface area contributed by atoms with Crippen LogP contribution in [0.5, 0.6) is 17.2 Å². The number of ether oxygens (including phenoxy) is 3. The standard InChI is InChI=1S/C19H25NO4/c1-22-18-8-5-15(13-19(18)23-2)9-10-20-14-16-3-6-17(7-4-16)24-12-11-21/h3-8,13,20-21H,9-12,14H2,1-2H3. The Morgan fingerprint density at radius 3 is 2.29 bits per heavy atom. The van der Waals surface area contributed by atoms with Gasteiger partial charge in [-0.1, -0.05) is 18.2 Å². The quantitative estimate of drug-likeness (QED) is 0.655. The molecule has 0 atom stereocenters. The SMILES string of the molecule is COc1ccc(CCNCc2ccc(OCCO)cc2)cc1OC. The van der Waals surface area contributed by atoms with Crippen LogP contribution in [0.15, 0.2) is 42.5 Å². The zero-order chi connectivity index (χ0) is 17.2. The molecule has 0 saturated carbocycles. The van der Waals surface area contributed by atoms with E-state index in [0.29, 0.717) is 6.61 Å². The van der Waals surface area contributed by atoms with Crippen molar-refractivity contribution in [2.24, 2.45) is 0 Å². The van der Waals surface area contributed by atoms with Crippen molar-refractivity contribution in [1.82, 2.24) is 5.32 Å². The number of aliphatic hydroxyl groups is 1. The predicted molar refractivity (Wildman–Crippen MR) is 94.0 cm³/mol. The van der Waals surface area contributed by atoms with E-state index >= 15 is 0 Å². The normalized spacial score (nSPS) is 10.5. The Morgan fingerprint density at radius 2 is 1.62 bits per heavy atom. The van der Waals surface area contributed by atoms with Crippen molar-refractivity contribution in [3.63, 3.8) is 0 Å². The summed E-state index contributed by atoms with van der Waals surface area (Å²) in [4.78, 5) is 0. The van der Waals surface area contributed by atoms with Gasteiger partial charge in [-0.3, -0.25) is 0 Å². The van der Waals surface area contributed by atoms with Crippen molar-refractivity contribution >= 4 is 0 Å². The van der Waals surface area contributed by atoms with Gasteiger partial charge in [0.25, 0.3) is 0 Å². The number of benzene rings is 2. The third kappa shape index (κ3) is 5.44. The molecule has 0 saturated heterocycles. The molecular weight excluding hydrogens is 306 g/mol. The van der Waals surface area contributed by atoms with Crippen LogP contribution in [0.1, 0.15) is 11.1 Å². The van der Waals surface area contributed by atoms with Gasteiger partial charge in [-0.2, -0.15) is 0 Å². The predicted octanol–water partition coefficient (Wildman–Crippen LogP) is 2.41. The number of aliphatic hydroxyl groups excluding tert-OH is 1. The third-order valence-electron chi connectivity index (χ3n) is 3.65. The molecule has 0 aliphatic heterocycles. The molecular formula is C19H25NO4. The molecule has 0 amide bonds. The van der Waals surface area contributed by atoms with Crippen LogP contribution in [0.3, 0.4) is 0 Å². The summed E-state index contributed by atoms with van der Waals surface area (Å²) in [7, 11) is 3.28. The molecule has 2 N–H and O–H groups in total. The van der Waals surface area contributed by atoms with Gasteiger partial charge >= 0.3 is 0 Å².